The Morgan fingerprint density at radius 2 is 2.54 bits per heavy atom. The number of terminal acetylenes is 1. The zero-order valence-electron chi connectivity index (χ0n) is 7.49. The number of likely N-dealkylation sites (tertiary alicyclic amines) is 1. The maximum atomic E-state index is 11.1. The van der Waals surface area contributed by atoms with Gasteiger partial charge < -0.3 is 10.4 Å². The van der Waals surface area contributed by atoms with Crippen LogP contribution in [0.3, 0.4) is 0 Å². The Balaban J connectivity index is 2.18. The second-order valence-electron chi connectivity index (χ2n) is 3.16. The maximum Gasteiger partial charge on any atom is 0.234 e. The maximum absolute atomic E-state index is 11.1. The first kappa shape index (κ1) is 10.0. The fourth-order valence-corrected chi connectivity index (χ4v) is 1.36. The molecule has 1 atom stereocenters. The number of hydrogen-bond acceptors (Lipinski definition) is 3. The van der Waals surface area contributed by atoms with Crippen LogP contribution in [0.4, 0.5) is 0 Å². The first-order valence-corrected chi connectivity index (χ1v) is 4.33. The van der Waals surface area contributed by atoms with E-state index < -0.39 is 0 Å². The third-order valence-electron chi connectivity index (χ3n) is 2.00. The molecule has 4 nitrogen and oxygen atoms in total. The van der Waals surface area contributed by atoms with E-state index in [2.05, 4.69) is 11.2 Å². The highest BCUT2D eigenvalue weighted by Crippen LogP contribution is 2.07. The zero-order chi connectivity index (χ0) is 9.68. The molecular formula is C9H14N2O2. The van der Waals surface area contributed by atoms with Crippen LogP contribution in [0.2, 0.25) is 0 Å². The van der Waals surface area contributed by atoms with Gasteiger partial charge in [-0.25, -0.2) is 0 Å². The van der Waals surface area contributed by atoms with Gasteiger partial charge in [-0.15, -0.1) is 6.42 Å². The largest absolute Gasteiger partial charge is 0.392 e. The van der Waals surface area contributed by atoms with Crippen molar-refractivity contribution in [3.63, 3.8) is 0 Å². The van der Waals surface area contributed by atoms with E-state index in [0.29, 0.717) is 13.1 Å². The Morgan fingerprint density at radius 1 is 1.77 bits per heavy atom. The molecule has 1 heterocycles. The minimum atomic E-state index is -0.277. The molecule has 0 saturated carbocycles. The molecular weight excluding hydrogens is 168 g/mol. The van der Waals surface area contributed by atoms with Crippen LogP contribution in [0.25, 0.3) is 0 Å². The first-order chi connectivity index (χ1) is 6.22. The number of β-amino-alcohol motifs (C(OH)–C–C–N with tert-alkyl or cyclic N) is 1. The highest BCUT2D eigenvalue weighted by molar-refractivity contribution is 5.78. The molecule has 0 spiro atoms. The molecule has 1 fully saturated rings. The van der Waals surface area contributed by atoms with E-state index in [9.17, 15) is 9.90 Å². The number of amides is 1. The summed E-state index contributed by atoms with van der Waals surface area (Å²) >= 11 is 0. The summed E-state index contributed by atoms with van der Waals surface area (Å²) in [7, 11) is 0. The second kappa shape index (κ2) is 4.85. The zero-order valence-corrected chi connectivity index (χ0v) is 7.49. The van der Waals surface area contributed by atoms with Gasteiger partial charge >= 0.3 is 0 Å². The predicted octanol–water partition coefficient (Wildman–Crippen LogP) is -1.20. The van der Waals surface area contributed by atoms with Crippen LogP contribution >= 0.6 is 0 Å². The smallest absolute Gasteiger partial charge is 0.234 e. The lowest BCUT2D eigenvalue weighted by molar-refractivity contribution is -0.121. The third-order valence-corrected chi connectivity index (χ3v) is 2.00. The summed E-state index contributed by atoms with van der Waals surface area (Å²) in [5.74, 6) is 2.26. The number of hydrogen-bond donors (Lipinski definition) is 2. The molecule has 0 aromatic heterocycles. The van der Waals surface area contributed by atoms with Crippen LogP contribution in [-0.2, 0) is 4.79 Å². The molecule has 0 radical (unpaired) electrons. The number of carbonyl (C=O) groups excluding carboxylic acids is 1. The van der Waals surface area contributed by atoms with Gasteiger partial charge in [0.15, 0.2) is 0 Å². The molecule has 1 aliphatic rings. The van der Waals surface area contributed by atoms with E-state index in [1.165, 1.54) is 0 Å². The third kappa shape index (κ3) is 3.45. The lowest BCUT2D eigenvalue weighted by Gasteiger charge is -2.13. The van der Waals surface area contributed by atoms with E-state index >= 15 is 0 Å². The summed E-state index contributed by atoms with van der Waals surface area (Å²) in [6.45, 7) is 1.97. The highest BCUT2D eigenvalue weighted by Gasteiger charge is 2.21. The Hall–Kier alpha value is -1.05. The molecule has 72 valence electrons. The molecule has 0 unspecified atom stereocenters. The van der Waals surface area contributed by atoms with Crippen molar-refractivity contribution in [2.75, 3.05) is 26.2 Å². The number of aliphatic hydroxyl groups excluding tert-OH is 1. The van der Waals surface area contributed by atoms with Gasteiger partial charge in [-0.2, -0.15) is 0 Å². The van der Waals surface area contributed by atoms with Crippen LogP contribution in [0.5, 0.6) is 0 Å². The van der Waals surface area contributed by atoms with Gasteiger partial charge in [-0.3, -0.25) is 9.69 Å². The van der Waals surface area contributed by atoms with Gasteiger partial charge in [0.2, 0.25) is 5.91 Å². The minimum Gasteiger partial charge on any atom is -0.392 e. The average molecular weight is 182 g/mol. The van der Waals surface area contributed by atoms with Crippen molar-refractivity contribution in [1.82, 2.24) is 10.2 Å². The molecule has 1 rings (SSSR count). The van der Waals surface area contributed by atoms with Crippen molar-refractivity contribution in [2.24, 2.45) is 0 Å². The van der Waals surface area contributed by atoms with Crippen LogP contribution in [0, 0.1) is 12.3 Å². The molecule has 0 aromatic carbocycles. The Bertz CT molecular complexity index is 222. The van der Waals surface area contributed by atoms with Crippen molar-refractivity contribution in [1.29, 1.82) is 0 Å². The monoisotopic (exact) mass is 182 g/mol. The summed E-state index contributed by atoms with van der Waals surface area (Å²) < 4.78 is 0. The lowest BCUT2D eigenvalue weighted by atomic mass is 10.3. The SMILES string of the molecule is C#CCNC(=O)CN1CC[C@H](O)C1. The van der Waals surface area contributed by atoms with Gasteiger partial charge in [0.05, 0.1) is 19.2 Å². The van der Waals surface area contributed by atoms with E-state index in [4.69, 9.17) is 6.42 Å². The summed E-state index contributed by atoms with van der Waals surface area (Å²) in [5, 5.41) is 11.8. The second-order valence-corrected chi connectivity index (χ2v) is 3.16. The fraction of sp³-hybridized carbons (Fsp3) is 0.667. The van der Waals surface area contributed by atoms with E-state index in [0.717, 1.165) is 13.0 Å². The van der Waals surface area contributed by atoms with Gasteiger partial charge in [0.1, 0.15) is 0 Å². The first-order valence-electron chi connectivity index (χ1n) is 4.33. The molecule has 13 heavy (non-hydrogen) atoms. The molecule has 0 bridgehead atoms. The Kier molecular flexibility index (Phi) is 3.74. The Labute approximate surface area is 77.9 Å². The highest BCUT2D eigenvalue weighted by atomic mass is 16.3. The van der Waals surface area contributed by atoms with E-state index in [1.54, 1.807) is 0 Å². The number of rotatable bonds is 3. The summed E-state index contributed by atoms with van der Waals surface area (Å²) in [4.78, 5) is 13.0. The van der Waals surface area contributed by atoms with E-state index in [-0.39, 0.29) is 18.6 Å². The molecule has 2 N–H and O–H groups in total. The Morgan fingerprint density at radius 3 is 3.08 bits per heavy atom. The lowest BCUT2D eigenvalue weighted by Crippen LogP contribution is -2.36. The van der Waals surface area contributed by atoms with Crippen LogP contribution in [0.15, 0.2) is 0 Å². The molecule has 1 amide bonds. The van der Waals surface area contributed by atoms with Crippen molar-refractivity contribution in [3.05, 3.63) is 0 Å². The van der Waals surface area contributed by atoms with Crippen molar-refractivity contribution in [2.45, 2.75) is 12.5 Å². The summed E-state index contributed by atoms with van der Waals surface area (Å²) in [6, 6.07) is 0. The van der Waals surface area contributed by atoms with Crippen molar-refractivity contribution >= 4 is 5.91 Å². The topological polar surface area (TPSA) is 52.6 Å². The molecule has 4 heteroatoms. The van der Waals surface area contributed by atoms with Gasteiger partial charge in [-0.1, -0.05) is 5.92 Å². The van der Waals surface area contributed by atoms with Crippen molar-refractivity contribution in [3.8, 4) is 12.3 Å². The number of nitrogens with zero attached hydrogens (tertiary/aromatic N) is 1. The number of carbonyl (C=O) groups is 1. The van der Waals surface area contributed by atoms with Gasteiger partial charge in [-0.05, 0) is 6.42 Å². The van der Waals surface area contributed by atoms with Crippen LogP contribution in [0.1, 0.15) is 6.42 Å². The van der Waals surface area contributed by atoms with Gasteiger partial charge in [0, 0.05) is 13.1 Å². The standard InChI is InChI=1S/C9H14N2O2/c1-2-4-10-9(13)7-11-5-3-8(12)6-11/h1,8,12H,3-7H2,(H,10,13)/t8-/m0/s1. The number of aliphatic hydroxyl groups is 1. The normalized spacial score (nSPS) is 22.6. The average Bonchev–Trinajstić information content (AvgIpc) is 2.48. The molecule has 0 aromatic rings. The molecule has 0 aliphatic carbocycles. The summed E-state index contributed by atoms with van der Waals surface area (Å²) in [6.07, 6.45) is 5.46. The minimum absolute atomic E-state index is 0.0768. The fourth-order valence-electron chi connectivity index (χ4n) is 1.36. The predicted molar refractivity (Wildman–Crippen MR) is 48.9 cm³/mol. The summed E-state index contributed by atoms with van der Waals surface area (Å²) in [5.41, 5.74) is 0. The van der Waals surface area contributed by atoms with Crippen LogP contribution < -0.4 is 5.32 Å². The van der Waals surface area contributed by atoms with Gasteiger partial charge in [0.25, 0.3) is 0 Å². The van der Waals surface area contributed by atoms with Crippen molar-refractivity contribution < 1.29 is 9.90 Å². The number of nitrogens with one attached hydrogen (secondary N) is 1. The quantitative estimate of drug-likeness (QED) is 0.539. The van der Waals surface area contributed by atoms with E-state index in [1.807, 2.05) is 4.90 Å². The molecule has 1 saturated heterocycles. The van der Waals surface area contributed by atoms with Crippen LogP contribution in [-0.4, -0.2) is 48.2 Å². The molecule has 1 aliphatic heterocycles.